The molecule has 2 amide bonds. The molecule has 2 unspecified atom stereocenters. The maximum absolute atomic E-state index is 12.4. The topological polar surface area (TPSA) is 109 Å². The second-order valence-electron chi connectivity index (χ2n) is 6.83. The monoisotopic (exact) mass is 366 g/mol. The van der Waals surface area contributed by atoms with Gasteiger partial charge in [-0.1, -0.05) is 24.3 Å². The first-order valence-electron chi connectivity index (χ1n) is 8.97. The smallest absolute Gasteiger partial charge is 0.326 e. The number of carbonyl (C=O) groups is 3. The number of nitrogens with two attached hydrogens (primary N) is 1. The highest BCUT2D eigenvalue weighted by Crippen LogP contribution is 2.34. The molecule has 2 atom stereocenters. The number of primary amides is 1. The summed E-state index contributed by atoms with van der Waals surface area (Å²) in [5, 5.41) is 12.2. The first-order chi connectivity index (χ1) is 13.0. The highest BCUT2D eigenvalue weighted by molar-refractivity contribution is 5.98. The van der Waals surface area contributed by atoms with Gasteiger partial charge in [-0.2, -0.15) is 0 Å². The first kappa shape index (κ1) is 18.6. The van der Waals surface area contributed by atoms with Gasteiger partial charge in [-0.3, -0.25) is 9.59 Å². The highest BCUT2D eigenvalue weighted by Gasteiger charge is 2.28. The predicted molar refractivity (Wildman–Crippen MR) is 101 cm³/mol. The van der Waals surface area contributed by atoms with Crippen molar-refractivity contribution in [1.82, 2.24) is 5.32 Å². The minimum Gasteiger partial charge on any atom is -0.480 e. The van der Waals surface area contributed by atoms with E-state index in [1.165, 1.54) is 35.4 Å². The molecule has 6 heteroatoms. The van der Waals surface area contributed by atoms with Crippen LogP contribution in [-0.4, -0.2) is 28.9 Å². The van der Waals surface area contributed by atoms with Gasteiger partial charge in [0.25, 0.3) is 5.91 Å². The van der Waals surface area contributed by atoms with Crippen LogP contribution in [0.3, 0.4) is 0 Å². The molecule has 0 radical (unpaired) electrons. The van der Waals surface area contributed by atoms with Gasteiger partial charge in [0, 0.05) is 11.1 Å². The van der Waals surface area contributed by atoms with Crippen LogP contribution in [0.1, 0.15) is 57.0 Å². The van der Waals surface area contributed by atoms with Crippen molar-refractivity contribution in [1.29, 1.82) is 0 Å². The standard InChI is InChI=1S/C21H22N2O4/c22-19(24)14-8-10-15(11-9-14)20(25)23-18(21(26)27)12-16-6-3-5-13-4-1-2-7-17(13)16/h1-2,4,7-11,16,18H,3,5-6,12H2,(H2,22,24)(H,23,25)(H,26,27). The van der Waals surface area contributed by atoms with E-state index in [2.05, 4.69) is 11.4 Å². The van der Waals surface area contributed by atoms with Gasteiger partial charge < -0.3 is 16.2 Å². The average molecular weight is 366 g/mol. The third-order valence-corrected chi connectivity index (χ3v) is 5.05. The average Bonchev–Trinajstić information content (AvgIpc) is 2.67. The first-order valence-corrected chi connectivity index (χ1v) is 8.97. The molecule has 0 saturated heterocycles. The number of nitrogens with one attached hydrogen (secondary N) is 1. The summed E-state index contributed by atoms with van der Waals surface area (Å²) in [4.78, 5) is 35.3. The quantitative estimate of drug-likeness (QED) is 0.729. The summed E-state index contributed by atoms with van der Waals surface area (Å²) < 4.78 is 0. The molecule has 27 heavy (non-hydrogen) atoms. The van der Waals surface area contributed by atoms with Gasteiger partial charge >= 0.3 is 5.97 Å². The molecule has 2 aromatic carbocycles. The fraction of sp³-hybridized carbons (Fsp3) is 0.286. The number of amides is 2. The largest absolute Gasteiger partial charge is 0.480 e. The third kappa shape index (κ3) is 4.34. The molecule has 0 aromatic heterocycles. The Balaban J connectivity index is 1.72. The number of hydrogen-bond acceptors (Lipinski definition) is 3. The normalized spacial score (nSPS) is 16.8. The Bertz CT molecular complexity index is 861. The van der Waals surface area contributed by atoms with E-state index < -0.39 is 23.8 Å². The molecule has 140 valence electrons. The van der Waals surface area contributed by atoms with E-state index in [9.17, 15) is 19.5 Å². The van der Waals surface area contributed by atoms with E-state index in [0.717, 1.165) is 19.3 Å². The zero-order valence-electron chi connectivity index (χ0n) is 14.9. The molecule has 0 spiro atoms. The fourth-order valence-electron chi connectivity index (χ4n) is 3.63. The van der Waals surface area contributed by atoms with Crippen LogP contribution in [0.4, 0.5) is 0 Å². The number of hydrogen-bond donors (Lipinski definition) is 3. The van der Waals surface area contributed by atoms with Crippen LogP contribution in [0, 0.1) is 0 Å². The van der Waals surface area contributed by atoms with Crippen LogP contribution in [0.2, 0.25) is 0 Å². The summed E-state index contributed by atoms with van der Waals surface area (Å²) >= 11 is 0. The molecule has 1 aliphatic rings. The lowest BCUT2D eigenvalue weighted by Gasteiger charge is -2.28. The van der Waals surface area contributed by atoms with Gasteiger partial charge in [-0.05, 0) is 67.0 Å². The van der Waals surface area contributed by atoms with E-state index in [-0.39, 0.29) is 11.5 Å². The molecular formula is C21H22N2O4. The fourth-order valence-corrected chi connectivity index (χ4v) is 3.63. The van der Waals surface area contributed by atoms with Crippen LogP contribution in [0.15, 0.2) is 48.5 Å². The molecule has 1 aliphatic carbocycles. The number of rotatable bonds is 6. The van der Waals surface area contributed by atoms with E-state index in [4.69, 9.17) is 5.73 Å². The summed E-state index contributed by atoms with van der Waals surface area (Å²) in [6.07, 6.45) is 3.26. The molecule has 0 saturated carbocycles. The van der Waals surface area contributed by atoms with E-state index in [1.807, 2.05) is 18.2 Å². The van der Waals surface area contributed by atoms with Crippen LogP contribution in [-0.2, 0) is 11.2 Å². The van der Waals surface area contributed by atoms with Gasteiger partial charge in [0.05, 0.1) is 0 Å². The van der Waals surface area contributed by atoms with Crippen molar-refractivity contribution in [3.05, 3.63) is 70.8 Å². The zero-order valence-corrected chi connectivity index (χ0v) is 14.9. The van der Waals surface area contributed by atoms with Gasteiger partial charge in [-0.25, -0.2) is 4.79 Å². The summed E-state index contributed by atoms with van der Waals surface area (Å²) in [7, 11) is 0. The Labute approximate surface area is 157 Å². The van der Waals surface area contributed by atoms with Gasteiger partial charge in [-0.15, -0.1) is 0 Å². The van der Waals surface area contributed by atoms with Gasteiger partial charge in [0.2, 0.25) is 5.91 Å². The Hall–Kier alpha value is -3.15. The minimum absolute atomic E-state index is 0.105. The number of carbonyl (C=O) groups excluding carboxylic acids is 2. The van der Waals surface area contributed by atoms with E-state index in [0.29, 0.717) is 12.0 Å². The SMILES string of the molecule is NC(=O)c1ccc(C(=O)NC(CC2CCCc3ccccc32)C(=O)O)cc1. The third-order valence-electron chi connectivity index (χ3n) is 5.05. The summed E-state index contributed by atoms with van der Waals surface area (Å²) in [5.74, 6) is -2.02. The van der Waals surface area contributed by atoms with E-state index >= 15 is 0 Å². The van der Waals surface area contributed by atoms with Crippen LogP contribution in [0.5, 0.6) is 0 Å². The summed E-state index contributed by atoms with van der Waals surface area (Å²) in [5.41, 5.74) is 8.20. The van der Waals surface area contributed by atoms with Crippen molar-refractivity contribution in [3.63, 3.8) is 0 Å². The second kappa shape index (κ2) is 8.03. The van der Waals surface area contributed by atoms with Gasteiger partial charge in [0.1, 0.15) is 6.04 Å². The number of fused-ring (bicyclic) bond motifs is 1. The Morgan fingerprint density at radius 2 is 1.74 bits per heavy atom. The van der Waals surface area contributed by atoms with Crippen LogP contribution >= 0.6 is 0 Å². The molecule has 0 fully saturated rings. The number of carboxylic acids is 1. The number of carboxylic acid groups (broad SMARTS) is 1. The molecule has 3 rings (SSSR count). The van der Waals surface area contributed by atoms with Crippen molar-refractivity contribution < 1.29 is 19.5 Å². The molecule has 0 heterocycles. The lowest BCUT2D eigenvalue weighted by Crippen LogP contribution is -2.42. The number of aryl methyl sites for hydroxylation is 1. The highest BCUT2D eigenvalue weighted by atomic mass is 16.4. The maximum atomic E-state index is 12.4. The Morgan fingerprint density at radius 3 is 2.41 bits per heavy atom. The maximum Gasteiger partial charge on any atom is 0.326 e. The molecule has 6 nitrogen and oxygen atoms in total. The van der Waals surface area contributed by atoms with E-state index in [1.54, 1.807) is 0 Å². The molecule has 4 N–H and O–H groups in total. The second-order valence-corrected chi connectivity index (χ2v) is 6.83. The lowest BCUT2D eigenvalue weighted by atomic mass is 9.79. The predicted octanol–water partition coefficient (Wildman–Crippen LogP) is 2.48. The van der Waals surface area contributed by atoms with Crippen molar-refractivity contribution in [2.75, 3.05) is 0 Å². The Kier molecular flexibility index (Phi) is 5.54. The zero-order chi connectivity index (χ0) is 19.4. The summed E-state index contributed by atoms with van der Waals surface area (Å²) in [6.45, 7) is 0. The lowest BCUT2D eigenvalue weighted by molar-refractivity contribution is -0.139. The van der Waals surface area contributed by atoms with Crippen LogP contribution < -0.4 is 11.1 Å². The summed E-state index contributed by atoms with van der Waals surface area (Å²) in [6, 6.07) is 12.9. The van der Waals surface area contributed by atoms with Crippen molar-refractivity contribution in [2.24, 2.45) is 5.73 Å². The molecule has 0 bridgehead atoms. The minimum atomic E-state index is -1.06. The van der Waals surface area contributed by atoms with Crippen molar-refractivity contribution in [2.45, 2.75) is 37.6 Å². The number of benzene rings is 2. The van der Waals surface area contributed by atoms with Crippen molar-refractivity contribution in [3.8, 4) is 0 Å². The molecular weight excluding hydrogens is 344 g/mol. The molecule has 2 aromatic rings. The molecule has 0 aliphatic heterocycles. The Morgan fingerprint density at radius 1 is 1.07 bits per heavy atom. The van der Waals surface area contributed by atoms with Crippen LogP contribution in [0.25, 0.3) is 0 Å². The number of aliphatic carboxylic acids is 1. The van der Waals surface area contributed by atoms with Crippen molar-refractivity contribution >= 4 is 17.8 Å². The van der Waals surface area contributed by atoms with Gasteiger partial charge in [0.15, 0.2) is 0 Å².